The van der Waals surface area contributed by atoms with Gasteiger partial charge in [0.25, 0.3) is 0 Å². The number of guanidine groups is 1. The fraction of sp³-hybridized carbons (Fsp3) is 0.444. The molecule has 1 aromatic heterocycles. The lowest BCUT2D eigenvalue weighted by atomic mass is 10.1. The van der Waals surface area contributed by atoms with Gasteiger partial charge in [0.05, 0.1) is 12.2 Å². The third-order valence-corrected chi connectivity index (χ3v) is 4.25. The Morgan fingerprint density at radius 1 is 1.12 bits per heavy atom. The topological polar surface area (TPSA) is 62.5 Å². The highest BCUT2D eigenvalue weighted by Gasteiger charge is 2.13. The minimum absolute atomic E-state index is 0. The number of halogens is 2. The van der Waals surface area contributed by atoms with Gasteiger partial charge >= 0.3 is 0 Å². The zero-order chi connectivity index (χ0) is 17.4. The van der Waals surface area contributed by atoms with Gasteiger partial charge in [0, 0.05) is 29.5 Å². The molecule has 0 aliphatic carbocycles. The molecule has 0 saturated carbocycles. The summed E-state index contributed by atoms with van der Waals surface area (Å²) in [5, 5.41) is 10.8. The van der Waals surface area contributed by atoms with Gasteiger partial charge in [-0.3, -0.25) is 0 Å². The first-order chi connectivity index (χ1) is 11.7. The summed E-state index contributed by atoms with van der Waals surface area (Å²) < 4.78 is 6.49. The highest BCUT2D eigenvalue weighted by Crippen LogP contribution is 2.15. The van der Waals surface area contributed by atoms with Gasteiger partial charge in [-0.05, 0) is 31.0 Å². The Labute approximate surface area is 175 Å². The SMILES string of the molecule is CCNC(=NCc1ccc(Br)cc1)NCc1c(CC)noc1CC.I. The first-order valence-corrected chi connectivity index (χ1v) is 9.20. The number of hydrogen-bond acceptors (Lipinski definition) is 3. The molecule has 2 aromatic rings. The molecule has 7 heteroatoms. The number of nitrogens with zero attached hydrogens (tertiary/aromatic N) is 2. The monoisotopic (exact) mass is 520 g/mol. The van der Waals surface area contributed by atoms with E-state index in [0.717, 1.165) is 46.8 Å². The van der Waals surface area contributed by atoms with Crippen molar-refractivity contribution in [3.63, 3.8) is 0 Å². The van der Waals surface area contributed by atoms with Crippen LogP contribution >= 0.6 is 39.9 Å². The first kappa shape index (κ1) is 22.0. The molecule has 5 nitrogen and oxygen atoms in total. The molecule has 0 unspecified atom stereocenters. The van der Waals surface area contributed by atoms with E-state index in [1.807, 2.05) is 12.1 Å². The van der Waals surface area contributed by atoms with Crippen molar-refractivity contribution in [2.24, 2.45) is 4.99 Å². The number of benzene rings is 1. The number of hydrogen-bond donors (Lipinski definition) is 2. The van der Waals surface area contributed by atoms with Crippen LogP contribution in [0.25, 0.3) is 0 Å². The van der Waals surface area contributed by atoms with E-state index in [-0.39, 0.29) is 24.0 Å². The van der Waals surface area contributed by atoms with Crippen molar-refractivity contribution in [3.05, 3.63) is 51.3 Å². The lowest BCUT2D eigenvalue weighted by Crippen LogP contribution is -2.37. The molecule has 0 bridgehead atoms. The van der Waals surface area contributed by atoms with Gasteiger partial charge in [0.2, 0.25) is 0 Å². The van der Waals surface area contributed by atoms with E-state index in [1.54, 1.807) is 0 Å². The summed E-state index contributed by atoms with van der Waals surface area (Å²) in [5.74, 6) is 1.74. The predicted molar refractivity (Wildman–Crippen MR) is 116 cm³/mol. The molecule has 2 N–H and O–H groups in total. The van der Waals surface area contributed by atoms with Gasteiger partial charge in [0.15, 0.2) is 5.96 Å². The fourth-order valence-corrected chi connectivity index (χ4v) is 2.68. The molecule has 0 aliphatic rings. The molecule has 1 aromatic carbocycles. The van der Waals surface area contributed by atoms with E-state index in [9.17, 15) is 0 Å². The van der Waals surface area contributed by atoms with E-state index in [0.29, 0.717) is 13.1 Å². The summed E-state index contributed by atoms with van der Waals surface area (Å²) >= 11 is 3.45. The average molecular weight is 521 g/mol. The number of aliphatic imine (C=N–C) groups is 1. The quantitative estimate of drug-likeness (QED) is 0.322. The lowest BCUT2D eigenvalue weighted by molar-refractivity contribution is 0.380. The second-order valence-corrected chi connectivity index (χ2v) is 6.33. The van der Waals surface area contributed by atoms with Crippen LogP contribution < -0.4 is 10.6 Å². The predicted octanol–water partition coefficient (Wildman–Crippen LogP) is 4.44. The maximum absolute atomic E-state index is 5.41. The van der Waals surface area contributed by atoms with Gasteiger partial charge in [-0.15, -0.1) is 24.0 Å². The van der Waals surface area contributed by atoms with Gasteiger partial charge < -0.3 is 15.2 Å². The van der Waals surface area contributed by atoms with Crippen molar-refractivity contribution in [2.45, 2.75) is 46.7 Å². The van der Waals surface area contributed by atoms with E-state index in [1.165, 1.54) is 5.56 Å². The summed E-state index contributed by atoms with van der Waals surface area (Å²) in [7, 11) is 0. The zero-order valence-corrected chi connectivity index (χ0v) is 18.9. The third kappa shape index (κ3) is 6.62. The van der Waals surface area contributed by atoms with Gasteiger partial charge in [0.1, 0.15) is 5.76 Å². The molecule has 0 saturated heterocycles. The van der Waals surface area contributed by atoms with Crippen LogP contribution in [0.3, 0.4) is 0 Å². The van der Waals surface area contributed by atoms with Crippen LogP contribution in [0.5, 0.6) is 0 Å². The van der Waals surface area contributed by atoms with Crippen LogP contribution in [-0.4, -0.2) is 17.7 Å². The summed E-state index contributed by atoms with van der Waals surface area (Å²) in [4.78, 5) is 4.65. The Hall–Kier alpha value is -1.09. The van der Waals surface area contributed by atoms with Crippen molar-refractivity contribution in [1.82, 2.24) is 15.8 Å². The van der Waals surface area contributed by atoms with Crippen LogP contribution in [0, 0.1) is 0 Å². The molecule has 0 spiro atoms. The van der Waals surface area contributed by atoms with E-state index in [2.05, 4.69) is 69.6 Å². The number of aromatic nitrogens is 1. The molecule has 1 heterocycles. The third-order valence-electron chi connectivity index (χ3n) is 3.72. The lowest BCUT2D eigenvalue weighted by Gasteiger charge is -2.11. The Morgan fingerprint density at radius 3 is 2.44 bits per heavy atom. The van der Waals surface area contributed by atoms with Crippen molar-refractivity contribution < 1.29 is 4.52 Å². The fourth-order valence-electron chi connectivity index (χ4n) is 2.41. The molecule has 138 valence electrons. The average Bonchev–Trinajstić information content (AvgIpc) is 3.00. The van der Waals surface area contributed by atoms with Gasteiger partial charge in [-0.1, -0.05) is 47.1 Å². The van der Waals surface area contributed by atoms with Crippen molar-refractivity contribution in [2.75, 3.05) is 6.54 Å². The highest BCUT2D eigenvalue weighted by molar-refractivity contribution is 14.0. The molecule has 25 heavy (non-hydrogen) atoms. The summed E-state index contributed by atoms with van der Waals surface area (Å²) in [5.41, 5.74) is 3.33. The van der Waals surface area contributed by atoms with Crippen molar-refractivity contribution in [1.29, 1.82) is 0 Å². The maximum atomic E-state index is 5.41. The van der Waals surface area contributed by atoms with Crippen LogP contribution in [0.2, 0.25) is 0 Å². The van der Waals surface area contributed by atoms with E-state index >= 15 is 0 Å². The minimum Gasteiger partial charge on any atom is -0.361 e. The second kappa shape index (κ2) is 11.5. The smallest absolute Gasteiger partial charge is 0.191 e. The second-order valence-electron chi connectivity index (χ2n) is 5.41. The molecule has 0 amide bonds. The first-order valence-electron chi connectivity index (χ1n) is 8.40. The molecular formula is C18H26BrIN4O. The molecular weight excluding hydrogens is 495 g/mol. The zero-order valence-electron chi connectivity index (χ0n) is 14.9. The van der Waals surface area contributed by atoms with Gasteiger partial charge in [-0.2, -0.15) is 0 Å². The molecule has 0 fully saturated rings. The van der Waals surface area contributed by atoms with Crippen molar-refractivity contribution >= 4 is 45.9 Å². The Morgan fingerprint density at radius 2 is 1.84 bits per heavy atom. The molecule has 0 radical (unpaired) electrons. The Kier molecular flexibility index (Phi) is 10.1. The van der Waals surface area contributed by atoms with E-state index < -0.39 is 0 Å². The van der Waals surface area contributed by atoms with Crippen LogP contribution in [-0.2, 0) is 25.9 Å². The summed E-state index contributed by atoms with van der Waals surface area (Å²) in [6.45, 7) is 8.35. The molecule has 2 rings (SSSR count). The van der Waals surface area contributed by atoms with Crippen molar-refractivity contribution in [3.8, 4) is 0 Å². The highest BCUT2D eigenvalue weighted by atomic mass is 127. The molecule has 0 aliphatic heterocycles. The number of nitrogens with one attached hydrogen (secondary N) is 2. The van der Waals surface area contributed by atoms with Gasteiger partial charge in [-0.25, -0.2) is 4.99 Å². The van der Waals surface area contributed by atoms with E-state index in [4.69, 9.17) is 4.52 Å². The Bertz CT molecular complexity index is 649. The maximum Gasteiger partial charge on any atom is 0.191 e. The molecule has 0 atom stereocenters. The number of aryl methyl sites for hydroxylation is 2. The minimum atomic E-state index is 0. The van der Waals surface area contributed by atoms with Crippen LogP contribution in [0.15, 0.2) is 38.3 Å². The summed E-state index contributed by atoms with van der Waals surface area (Å²) in [6.07, 6.45) is 1.71. The standard InChI is InChI=1S/C18H25BrN4O.HI/c1-4-16-15(17(5-2)24-23-16)12-22-18(20-6-3)21-11-13-7-9-14(19)10-8-13;/h7-10H,4-6,11-12H2,1-3H3,(H2,20,21,22);1H. The van der Waals surface area contributed by atoms with Crippen LogP contribution in [0.1, 0.15) is 43.4 Å². The normalized spacial score (nSPS) is 11.1. The summed E-state index contributed by atoms with van der Waals surface area (Å²) in [6, 6.07) is 8.20. The Balaban J connectivity index is 0.00000312. The number of rotatable bonds is 7. The van der Waals surface area contributed by atoms with Crippen LogP contribution in [0.4, 0.5) is 0 Å². The largest absolute Gasteiger partial charge is 0.361 e.